The Morgan fingerprint density at radius 3 is 2.42 bits per heavy atom. The molecule has 10 nitrogen and oxygen atoms in total. The number of hydrogen-bond acceptors (Lipinski definition) is 8. The molecular weight excluding hydrogens is 632 g/mol. The number of carbonyl (C=O) groups is 2. The fourth-order valence-corrected chi connectivity index (χ4v) is 12.2. The Morgan fingerprint density at radius 1 is 1.10 bits per heavy atom. The lowest BCUT2D eigenvalue weighted by molar-refractivity contribution is -0.254. The number of carboxylic acid groups (broad SMARTS) is 1. The van der Waals surface area contributed by atoms with Gasteiger partial charge in [-0.15, -0.1) is 5.10 Å². The molecule has 4 fully saturated rings. The number of aliphatic carboxylic acids is 1. The number of allylic oxidation sites excluding steroid dienone is 1. The van der Waals surface area contributed by atoms with Crippen LogP contribution >= 0.6 is 0 Å². The first kappa shape index (κ1) is 37.5. The van der Waals surface area contributed by atoms with Gasteiger partial charge in [-0.3, -0.25) is 4.79 Å². The minimum Gasteiger partial charge on any atom is -0.481 e. The van der Waals surface area contributed by atoms with Crippen LogP contribution < -0.4 is 5.73 Å². The van der Waals surface area contributed by atoms with Crippen molar-refractivity contribution in [2.45, 2.75) is 125 Å². The Hall–Kier alpha value is -2.30. The highest BCUT2D eigenvalue weighted by Gasteiger charge is 2.72. The number of methoxy groups -OCH3 is 1. The molecule has 1 aromatic rings. The number of aromatic nitrogens is 3. The van der Waals surface area contributed by atoms with Crippen LogP contribution in [0.3, 0.4) is 0 Å². The first-order valence-electron chi connectivity index (χ1n) is 19.1. The van der Waals surface area contributed by atoms with E-state index in [0.717, 1.165) is 32.1 Å². The summed E-state index contributed by atoms with van der Waals surface area (Å²) < 4.78 is 20.7. The van der Waals surface area contributed by atoms with Gasteiger partial charge in [0.25, 0.3) is 5.82 Å². The fraction of sp³-hybridized carbons (Fsp3) is 0.850. The summed E-state index contributed by atoms with van der Waals surface area (Å²) in [6.45, 7) is 23.9. The van der Waals surface area contributed by atoms with Crippen LogP contribution in [0.4, 0.5) is 0 Å². The van der Waals surface area contributed by atoms with Gasteiger partial charge in [-0.1, -0.05) is 74.0 Å². The molecule has 6 rings (SSSR count). The molecule has 2 heterocycles. The molecule has 4 aliphatic carbocycles. The van der Waals surface area contributed by atoms with Crippen molar-refractivity contribution in [3.8, 4) is 0 Å². The summed E-state index contributed by atoms with van der Waals surface area (Å²) in [4.78, 5) is 30.4. The molecule has 2 bridgehead atoms. The SMILES string of the molecule is COC(=O)c1ncn([C@@H]2C[C@]3(C)COC[C@@]4(C5=CC[C@@]6(C)[C@H](C(=O)O)[C@@](C)([C@H](C)C(C)C)CC[C@]6(C)[C@H]5CC[C@H]34)[C@H]2OC[C@](C)(N)C(C)C)n1. The third-order valence-electron chi connectivity index (χ3n) is 16.1. The Bertz CT molecular complexity index is 1520. The maximum atomic E-state index is 13.5. The van der Waals surface area contributed by atoms with Crippen molar-refractivity contribution >= 4 is 11.9 Å². The lowest BCUT2D eigenvalue weighted by Crippen LogP contribution is -2.70. The van der Waals surface area contributed by atoms with Gasteiger partial charge in [0.1, 0.15) is 6.33 Å². The zero-order valence-electron chi connectivity index (χ0n) is 32.5. The van der Waals surface area contributed by atoms with E-state index in [4.69, 9.17) is 25.0 Å². The summed E-state index contributed by atoms with van der Waals surface area (Å²) in [6, 6.07) is -0.219. The van der Waals surface area contributed by atoms with Crippen LogP contribution in [0, 0.1) is 62.6 Å². The molecule has 0 radical (unpaired) electrons. The van der Waals surface area contributed by atoms with Crippen molar-refractivity contribution < 1.29 is 28.9 Å². The Labute approximate surface area is 299 Å². The average Bonchev–Trinajstić information content (AvgIpc) is 3.54. The third-order valence-corrected chi connectivity index (χ3v) is 16.1. The van der Waals surface area contributed by atoms with Crippen molar-refractivity contribution in [1.29, 1.82) is 0 Å². The predicted octanol–water partition coefficient (Wildman–Crippen LogP) is 6.95. The number of fused-ring (bicyclic) bond motifs is 3. The summed E-state index contributed by atoms with van der Waals surface area (Å²) >= 11 is 0. The average molecular weight is 697 g/mol. The van der Waals surface area contributed by atoms with Crippen LogP contribution in [0.25, 0.3) is 0 Å². The Morgan fingerprint density at radius 2 is 1.80 bits per heavy atom. The largest absolute Gasteiger partial charge is 0.481 e. The number of esters is 1. The van der Waals surface area contributed by atoms with E-state index in [-0.39, 0.29) is 52.0 Å². The van der Waals surface area contributed by atoms with Gasteiger partial charge in [0, 0.05) is 11.0 Å². The molecular formula is C40H64N4O6. The van der Waals surface area contributed by atoms with Crippen molar-refractivity contribution in [2.75, 3.05) is 26.9 Å². The van der Waals surface area contributed by atoms with Crippen molar-refractivity contribution in [1.82, 2.24) is 14.8 Å². The molecule has 10 heteroatoms. The second-order valence-corrected chi connectivity index (χ2v) is 19.1. The fourth-order valence-electron chi connectivity index (χ4n) is 12.2. The summed E-state index contributed by atoms with van der Waals surface area (Å²) in [5, 5.41) is 15.8. The van der Waals surface area contributed by atoms with Gasteiger partial charge in [-0.05, 0) is 96.7 Å². The van der Waals surface area contributed by atoms with E-state index in [2.05, 4.69) is 80.3 Å². The first-order chi connectivity index (χ1) is 23.2. The number of nitrogens with zero attached hydrogens (tertiary/aromatic N) is 3. The van der Waals surface area contributed by atoms with E-state index in [1.807, 2.05) is 4.68 Å². The Kier molecular flexibility index (Phi) is 9.29. The predicted molar refractivity (Wildman–Crippen MR) is 191 cm³/mol. The van der Waals surface area contributed by atoms with Gasteiger partial charge in [0.05, 0.1) is 45.0 Å². The van der Waals surface area contributed by atoms with E-state index in [9.17, 15) is 14.7 Å². The first-order valence-corrected chi connectivity index (χ1v) is 19.1. The maximum absolute atomic E-state index is 13.5. The summed E-state index contributed by atoms with van der Waals surface area (Å²) in [5.41, 5.74) is 6.10. The summed E-state index contributed by atoms with van der Waals surface area (Å²) in [5.74, 6) is -0.314. The number of rotatable bonds is 9. The summed E-state index contributed by atoms with van der Waals surface area (Å²) in [7, 11) is 1.34. The highest BCUT2D eigenvalue weighted by Crippen LogP contribution is 2.75. The van der Waals surface area contributed by atoms with Crippen LogP contribution in [0.2, 0.25) is 0 Å². The minimum atomic E-state index is -0.659. The van der Waals surface area contributed by atoms with Gasteiger partial charge in [0.15, 0.2) is 0 Å². The quantitative estimate of drug-likeness (QED) is 0.207. The Balaban J connectivity index is 1.52. The number of ether oxygens (including phenoxy) is 3. The van der Waals surface area contributed by atoms with Crippen LogP contribution in [0.1, 0.15) is 124 Å². The third kappa shape index (κ3) is 5.19. The monoisotopic (exact) mass is 696 g/mol. The standard InChI is InChI=1S/C40H64N4O6/c1-23(2)25(5)36(7)16-17-37(8)26-12-13-29-35(6)18-28(44-22-42-32(43-44)34(47)48-11)31(50-20-39(10,41)24(3)4)40(29,21-49-19-35)27(26)14-15-38(37,9)30(36)33(45)46/h14,22-26,28-31H,12-13,15-21,41H2,1-11H3,(H,45,46)/t25-,26+,28-,29-,30-,31+,35-,36-,37-,38+,39+,40+/m1/s1. The molecule has 5 aliphatic rings. The second-order valence-electron chi connectivity index (χ2n) is 19.1. The van der Waals surface area contributed by atoms with Gasteiger partial charge in [-0.2, -0.15) is 0 Å². The number of hydrogen-bond donors (Lipinski definition) is 2. The molecule has 0 amide bonds. The van der Waals surface area contributed by atoms with Crippen LogP contribution in [-0.2, 0) is 19.0 Å². The zero-order chi connectivity index (χ0) is 36.8. The molecule has 280 valence electrons. The normalized spacial score (nSPS) is 42.8. The van der Waals surface area contributed by atoms with Crippen molar-refractivity contribution in [3.63, 3.8) is 0 Å². The molecule has 50 heavy (non-hydrogen) atoms. The van der Waals surface area contributed by atoms with E-state index >= 15 is 0 Å². The molecule has 1 aliphatic heterocycles. The number of carboxylic acids is 1. The van der Waals surface area contributed by atoms with Gasteiger partial charge >= 0.3 is 11.9 Å². The maximum Gasteiger partial charge on any atom is 0.377 e. The smallest absolute Gasteiger partial charge is 0.377 e. The summed E-state index contributed by atoms with van der Waals surface area (Å²) in [6.07, 6.45) is 9.13. The zero-order valence-corrected chi connectivity index (χ0v) is 32.5. The van der Waals surface area contributed by atoms with Crippen molar-refractivity contribution in [3.05, 3.63) is 23.8 Å². The van der Waals surface area contributed by atoms with Gasteiger partial charge < -0.3 is 25.1 Å². The van der Waals surface area contributed by atoms with Gasteiger partial charge in [0.2, 0.25) is 0 Å². The lowest BCUT2D eigenvalue weighted by Gasteiger charge is -2.71. The van der Waals surface area contributed by atoms with Crippen LogP contribution in [-0.4, -0.2) is 70.4 Å². The number of carbonyl (C=O) groups excluding carboxylic acids is 1. The molecule has 3 N–H and O–H groups in total. The van der Waals surface area contributed by atoms with E-state index in [1.165, 1.54) is 12.7 Å². The highest BCUT2D eigenvalue weighted by molar-refractivity contribution is 5.84. The van der Waals surface area contributed by atoms with E-state index in [1.54, 1.807) is 6.33 Å². The molecule has 0 unspecified atom stereocenters. The molecule has 1 saturated heterocycles. The molecule has 1 aromatic heterocycles. The highest BCUT2D eigenvalue weighted by atomic mass is 16.5. The van der Waals surface area contributed by atoms with E-state index in [0.29, 0.717) is 38.1 Å². The van der Waals surface area contributed by atoms with Crippen molar-refractivity contribution in [2.24, 2.45) is 68.3 Å². The second kappa shape index (κ2) is 12.4. The van der Waals surface area contributed by atoms with Crippen LogP contribution in [0.15, 0.2) is 18.0 Å². The molecule has 3 saturated carbocycles. The topological polar surface area (TPSA) is 139 Å². The molecule has 12 atom stereocenters. The molecule has 0 spiro atoms. The number of nitrogens with two attached hydrogens (primary N) is 1. The van der Waals surface area contributed by atoms with Crippen LogP contribution in [0.5, 0.6) is 0 Å². The van der Waals surface area contributed by atoms with Gasteiger partial charge in [-0.25, -0.2) is 14.5 Å². The van der Waals surface area contributed by atoms with E-state index < -0.39 is 34.2 Å². The minimum absolute atomic E-state index is 0.0329. The molecule has 0 aromatic carbocycles. The lowest BCUT2D eigenvalue weighted by atomic mass is 9.34.